The second-order valence-electron chi connectivity index (χ2n) is 4.89. The number of carbonyl (C=O) groups is 2. The Kier molecular flexibility index (Phi) is 4.73. The number of benzene rings is 2. The van der Waals surface area contributed by atoms with Gasteiger partial charge in [0.15, 0.2) is 10.2 Å². The van der Waals surface area contributed by atoms with Crippen molar-refractivity contribution in [2.24, 2.45) is 0 Å². The maximum absolute atomic E-state index is 11.8. The predicted octanol–water partition coefficient (Wildman–Crippen LogP) is 4.18. The van der Waals surface area contributed by atoms with Crippen LogP contribution in [0.25, 0.3) is 22.0 Å². The minimum Gasteiger partial charge on any atom is -0.301 e. The van der Waals surface area contributed by atoms with Crippen molar-refractivity contribution < 1.29 is 9.59 Å². The summed E-state index contributed by atoms with van der Waals surface area (Å²) in [6, 6.07) is 14.2. The van der Waals surface area contributed by atoms with Gasteiger partial charge in [0.1, 0.15) is 0 Å². The molecule has 3 rings (SSSR count). The Morgan fingerprint density at radius 3 is 2.78 bits per heavy atom. The lowest BCUT2D eigenvalue weighted by Crippen LogP contribution is -2.14. The number of aromatic nitrogens is 1. The van der Waals surface area contributed by atoms with Crippen LogP contribution in [0.3, 0.4) is 0 Å². The van der Waals surface area contributed by atoms with E-state index in [0.717, 1.165) is 33.8 Å². The fourth-order valence-corrected chi connectivity index (χ4v) is 3.36. The van der Waals surface area contributed by atoms with Gasteiger partial charge in [-0.25, -0.2) is 4.98 Å². The quantitative estimate of drug-likeness (QED) is 0.773. The molecule has 1 amide bonds. The zero-order valence-corrected chi connectivity index (χ0v) is 14.0. The van der Waals surface area contributed by atoms with Crippen LogP contribution in [0.15, 0.2) is 47.8 Å². The van der Waals surface area contributed by atoms with Gasteiger partial charge in [0.05, 0.1) is 11.4 Å². The molecular weight excluding hydrogens is 328 g/mol. The van der Waals surface area contributed by atoms with E-state index < -0.39 is 0 Å². The Bertz CT molecular complexity index is 868. The van der Waals surface area contributed by atoms with Crippen LogP contribution in [0.4, 0.5) is 5.13 Å². The number of nitrogens with zero attached hydrogens (tertiary/aromatic N) is 1. The third-order valence-corrected chi connectivity index (χ3v) is 4.79. The van der Waals surface area contributed by atoms with Gasteiger partial charge in [0, 0.05) is 17.9 Å². The summed E-state index contributed by atoms with van der Waals surface area (Å²) in [5.41, 5.74) is 1.87. The van der Waals surface area contributed by atoms with Crippen molar-refractivity contribution in [3.8, 4) is 11.3 Å². The molecule has 0 spiro atoms. The lowest BCUT2D eigenvalue weighted by molar-refractivity contribution is -0.114. The summed E-state index contributed by atoms with van der Waals surface area (Å²) < 4.78 is 0. The minimum atomic E-state index is -0.219. The summed E-state index contributed by atoms with van der Waals surface area (Å²) in [5.74, 6) is -0.109. The van der Waals surface area contributed by atoms with Gasteiger partial charge < -0.3 is 5.32 Å². The molecule has 0 saturated carbocycles. The van der Waals surface area contributed by atoms with E-state index >= 15 is 0 Å². The molecule has 1 heterocycles. The van der Waals surface area contributed by atoms with Crippen molar-refractivity contribution in [3.63, 3.8) is 0 Å². The summed E-state index contributed by atoms with van der Waals surface area (Å²) in [6.07, 6.45) is 0. The summed E-state index contributed by atoms with van der Waals surface area (Å²) in [7, 11) is 0. The molecule has 116 valence electrons. The monoisotopic (exact) mass is 342 g/mol. The lowest BCUT2D eigenvalue weighted by Gasteiger charge is -2.03. The molecule has 0 aliphatic heterocycles. The van der Waals surface area contributed by atoms with Gasteiger partial charge in [0.2, 0.25) is 5.91 Å². The average Bonchev–Trinajstić information content (AvgIpc) is 3.00. The van der Waals surface area contributed by atoms with Gasteiger partial charge >= 0.3 is 0 Å². The molecule has 0 unspecified atom stereocenters. The predicted molar refractivity (Wildman–Crippen MR) is 96.8 cm³/mol. The van der Waals surface area contributed by atoms with Crippen molar-refractivity contribution >= 4 is 50.0 Å². The number of amides is 1. The van der Waals surface area contributed by atoms with Crippen molar-refractivity contribution in [3.05, 3.63) is 47.8 Å². The number of fused-ring (bicyclic) bond motifs is 1. The van der Waals surface area contributed by atoms with Crippen molar-refractivity contribution in [1.29, 1.82) is 0 Å². The number of carbonyl (C=O) groups excluding carboxylic acids is 2. The Morgan fingerprint density at radius 2 is 1.96 bits per heavy atom. The number of thioether (sulfide) groups is 1. The second kappa shape index (κ2) is 6.93. The molecule has 1 aromatic heterocycles. The zero-order valence-electron chi connectivity index (χ0n) is 12.4. The van der Waals surface area contributed by atoms with Crippen LogP contribution in [0.1, 0.15) is 6.92 Å². The average molecular weight is 342 g/mol. The first-order valence-electron chi connectivity index (χ1n) is 7.00. The summed E-state index contributed by atoms with van der Waals surface area (Å²) >= 11 is 2.37. The van der Waals surface area contributed by atoms with E-state index in [1.54, 1.807) is 0 Å². The maximum Gasteiger partial charge on any atom is 0.236 e. The van der Waals surface area contributed by atoms with Gasteiger partial charge in [-0.05, 0) is 10.8 Å². The molecule has 1 N–H and O–H groups in total. The molecule has 0 radical (unpaired) electrons. The third kappa shape index (κ3) is 3.78. The second-order valence-corrected chi connectivity index (χ2v) is 6.90. The van der Waals surface area contributed by atoms with Crippen molar-refractivity contribution in [2.45, 2.75) is 6.92 Å². The zero-order chi connectivity index (χ0) is 16.2. The highest BCUT2D eigenvalue weighted by Crippen LogP contribution is 2.30. The Morgan fingerprint density at radius 1 is 1.17 bits per heavy atom. The first-order chi connectivity index (χ1) is 11.1. The number of anilines is 1. The smallest absolute Gasteiger partial charge is 0.236 e. The fraction of sp³-hybridized carbons (Fsp3) is 0.118. The summed E-state index contributed by atoms with van der Waals surface area (Å²) in [4.78, 5) is 27.1. The summed E-state index contributed by atoms with van der Waals surface area (Å²) in [6.45, 7) is 1.44. The highest BCUT2D eigenvalue weighted by atomic mass is 32.2. The molecular formula is C17H14N2O2S2. The van der Waals surface area contributed by atoms with Crippen LogP contribution in [-0.4, -0.2) is 21.8 Å². The van der Waals surface area contributed by atoms with Crippen LogP contribution >= 0.6 is 23.1 Å². The van der Waals surface area contributed by atoms with Gasteiger partial charge in [-0.1, -0.05) is 54.2 Å². The number of hydrogen-bond acceptors (Lipinski definition) is 5. The fourth-order valence-electron chi connectivity index (χ4n) is 2.23. The Labute approximate surface area is 141 Å². The van der Waals surface area contributed by atoms with E-state index in [1.165, 1.54) is 18.3 Å². The van der Waals surface area contributed by atoms with E-state index in [-0.39, 0.29) is 16.8 Å². The van der Waals surface area contributed by atoms with Crippen LogP contribution in [-0.2, 0) is 9.59 Å². The molecule has 0 aliphatic rings. The van der Waals surface area contributed by atoms with Gasteiger partial charge in [-0.15, -0.1) is 11.3 Å². The normalized spacial score (nSPS) is 10.7. The number of nitrogens with one attached hydrogen (secondary N) is 1. The van der Waals surface area contributed by atoms with E-state index in [0.29, 0.717) is 5.13 Å². The third-order valence-electron chi connectivity index (χ3n) is 3.22. The number of rotatable bonds is 4. The largest absolute Gasteiger partial charge is 0.301 e. The van der Waals surface area contributed by atoms with Crippen molar-refractivity contribution in [1.82, 2.24) is 4.98 Å². The molecule has 0 atom stereocenters. The molecule has 0 fully saturated rings. The molecule has 0 saturated heterocycles. The summed E-state index contributed by atoms with van der Waals surface area (Å²) in [5, 5.41) is 7.41. The first kappa shape index (κ1) is 15.7. The minimum absolute atomic E-state index is 0.0734. The van der Waals surface area contributed by atoms with Crippen LogP contribution in [0.2, 0.25) is 0 Å². The number of thiazole rings is 1. The van der Waals surface area contributed by atoms with Crippen molar-refractivity contribution in [2.75, 3.05) is 11.1 Å². The molecule has 2 aromatic carbocycles. The number of hydrogen-bond donors (Lipinski definition) is 1. The highest BCUT2D eigenvalue weighted by Gasteiger charge is 2.10. The van der Waals surface area contributed by atoms with Gasteiger partial charge in [-0.2, -0.15) is 0 Å². The van der Waals surface area contributed by atoms with E-state index in [4.69, 9.17) is 0 Å². The topological polar surface area (TPSA) is 59.1 Å². The van der Waals surface area contributed by atoms with Crippen LogP contribution < -0.4 is 5.32 Å². The maximum atomic E-state index is 11.8. The SMILES string of the molecule is CC(=O)SCC(=O)Nc1nc(-c2cccc3ccccc23)cs1. The van der Waals surface area contributed by atoms with E-state index in [2.05, 4.69) is 28.5 Å². The lowest BCUT2D eigenvalue weighted by atomic mass is 10.0. The Hall–Kier alpha value is -2.18. The highest BCUT2D eigenvalue weighted by molar-refractivity contribution is 8.14. The van der Waals surface area contributed by atoms with Crippen LogP contribution in [0.5, 0.6) is 0 Å². The van der Waals surface area contributed by atoms with Gasteiger partial charge in [-0.3, -0.25) is 9.59 Å². The first-order valence-corrected chi connectivity index (χ1v) is 8.87. The Balaban J connectivity index is 1.81. The molecule has 0 bridgehead atoms. The van der Waals surface area contributed by atoms with Crippen LogP contribution in [0, 0.1) is 0 Å². The molecule has 3 aromatic rings. The molecule has 4 nitrogen and oxygen atoms in total. The standard InChI is InChI=1S/C17H14N2O2S2/c1-11(20)22-10-16(21)19-17-18-15(9-23-17)14-8-4-6-12-5-2-3-7-13(12)14/h2-9H,10H2,1H3,(H,18,19,21). The molecule has 23 heavy (non-hydrogen) atoms. The van der Waals surface area contributed by atoms with E-state index in [1.807, 2.05) is 29.6 Å². The van der Waals surface area contributed by atoms with E-state index in [9.17, 15) is 9.59 Å². The van der Waals surface area contributed by atoms with Gasteiger partial charge in [0.25, 0.3) is 0 Å². The molecule has 0 aliphatic carbocycles. The molecule has 6 heteroatoms.